The maximum atomic E-state index is 11.4. The van der Waals surface area contributed by atoms with E-state index in [2.05, 4.69) is 92.0 Å². The number of benzene rings is 1. The van der Waals surface area contributed by atoms with Gasteiger partial charge in [0.1, 0.15) is 12.2 Å². The molecule has 0 bridgehead atoms. The van der Waals surface area contributed by atoms with Gasteiger partial charge < -0.3 is 4.74 Å². The summed E-state index contributed by atoms with van der Waals surface area (Å²) in [7, 11) is 29.1. The van der Waals surface area contributed by atoms with Gasteiger partial charge in [0.05, 0.1) is 7.11 Å². The maximum absolute atomic E-state index is 11.4. The van der Waals surface area contributed by atoms with Crippen LogP contribution in [0.3, 0.4) is 0 Å². The molecule has 0 heterocycles. The van der Waals surface area contributed by atoms with Crippen molar-refractivity contribution < 1.29 is 14.3 Å². The first-order chi connectivity index (χ1) is 14.8. The molecule has 0 N–H and O–H groups in total. The number of aryl methyl sites for hydroxylation is 1. The number of hydrogen-bond donors (Lipinski definition) is 0. The Morgan fingerprint density at radius 2 is 1.19 bits per heavy atom. The number of methoxy groups -OCH3 is 1. The Balaban J connectivity index is 0.000000601. The number of ketones is 1. The van der Waals surface area contributed by atoms with Gasteiger partial charge in [0.25, 0.3) is 0 Å². The lowest BCUT2D eigenvalue weighted by Gasteiger charge is -2.40. The van der Waals surface area contributed by atoms with Crippen molar-refractivity contribution in [1.82, 2.24) is 0 Å². The number of ether oxygens (including phenoxy) is 1. The fourth-order valence-corrected chi connectivity index (χ4v) is 166. The van der Waals surface area contributed by atoms with Crippen LogP contribution in [0.15, 0.2) is 24.3 Å². The van der Waals surface area contributed by atoms with Crippen LogP contribution in [-0.2, 0) is 27.2 Å². The van der Waals surface area contributed by atoms with Crippen molar-refractivity contribution >= 4 is 141 Å². The van der Waals surface area contributed by atoms with Crippen molar-refractivity contribution in [1.29, 1.82) is 0 Å². The van der Waals surface area contributed by atoms with Gasteiger partial charge >= 0.3 is 5.97 Å². The van der Waals surface area contributed by atoms with E-state index in [1.807, 2.05) is 24.3 Å². The number of hydrogen-bond acceptors (Lipinski definition) is 3. The molecular formula is C13H34O3P16. The number of Topliss-reactive ketones (excluding diaryl/α,β-unsaturated/α-hetero) is 1. The first-order valence-electron chi connectivity index (χ1n) is 8.84. The molecule has 0 saturated carbocycles. The smallest absolute Gasteiger partial charge is 0.313 e. The van der Waals surface area contributed by atoms with E-state index < -0.39 is 5.97 Å². The Labute approximate surface area is 222 Å². The number of esters is 1. The van der Waals surface area contributed by atoms with E-state index in [4.69, 9.17) is 0 Å². The summed E-state index contributed by atoms with van der Waals surface area (Å²) in [5.41, 5.74) is 2.18. The standard InChI is InChI=1S/C13H16O3.H18P16/c1-3-10-4-6-11(7-5-10)8-12(14)9-13(15)16-2;1-10(2)14(9)16(13(7)8)15(11(3)4)12(5)6/h4-7H,3,8-9H2,1-2H3;1-9H2. The Hall–Kier alpha value is 5.24. The highest BCUT2D eigenvalue weighted by atomic mass is 33.4. The van der Waals surface area contributed by atoms with Gasteiger partial charge in [-0.25, -0.2) is 0 Å². The minimum atomic E-state index is -0.477. The van der Waals surface area contributed by atoms with Crippen molar-refractivity contribution in [2.24, 2.45) is 0 Å². The second-order valence-corrected chi connectivity index (χ2v) is 67.8. The van der Waals surface area contributed by atoms with Gasteiger partial charge in [0, 0.05) is 6.42 Å². The van der Waals surface area contributed by atoms with Gasteiger partial charge in [-0.1, -0.05) is 31.2 Å². The molecule has 0 aliphatic rings. The third kappa shape index (κ3) is 15.7. The summed E-state index contributed by atoms with van der Waals surface area (Å²) < 4.78 is 4.44. The van der Waals surface area contributed by atoms with E-state index >= 15 is 0 Å². The highest BCUT2D eigenvalue weighted by Crippen LogP contribution is 3.24. The molecule has 0 aliphatic heterocycles. The monoisotopic (exact) mass is 734 g/mol. The summed E-state index contributed by atoms with van der Waals surface area (Å²) in [6.45, 7) is 2.82. The molecule has 0 amide bonds. The van der Waals surface area contributed by atoms with Crippen LogP contribution >= 0.6 is 129 Å². The third-order valence-electron chi connectivity index (χ3n) is 3.60. The summed E-state index contributed by atoms with van der Waals surface area (Å²) in [6, 6.07) is 7.85. The highest BCUT2D eigenvalue weighted by Gasteiger charge is 2.35. The third-order valence-corrected chi connectivity index (χ3v) is 99.6. The molecule has 32 heavy (non-hydrogen) atoms. The predicted octanol–water partition coefficient (Wildman–Crippen LogP) is 10.9. The first kappa shape index (κ1) is 37.2. The van der Waals surface area contributed by atoms with Crippen LogP contribution in [0.5, 0.6) is 0 Å². The van der Waals surface area contributed by atoms with Crippen molar-refractivity contribution in [2.75, 3.05) is 7.11 Å². The van der Waals surface area contributed by atoms with E-state index in [9.17, 15) is 9.59 Å². The Morgan fingerprint density at radius 1 is 0.750 bits per heavy atom. The van der Waals surface area contributed by atoms with Gasteiger partial charge in [-0.3, -0.25) is 9.59 Å². The lowest BCUT2D eigenvalue weighted by molar-refractivity contribution is -0.143. The number of rotatable bonds is 11. The molecule has 0 radical (unpaired) electrons. The molecule has 0 aromatic heterocycles. The zero-order chi connectivity index (χ0) is 25.0. The van der Waals surface area contributed by atoms with Gasteiger partial charge in [0.15, 0.2) is 0 Å². The lowest BCUT2D eigenvalue weighted by atomic mass is 10.0. The number of carbonyl (C=O) groups excluding carboxylic acids is 2. The second-order valence-electron chi connectivity index (χ2n) is 6.02. The SMILES string of the molecule is CCc1ccc(CC(=O)CC(=O)OC)cc1.PP(P)P(P)P(P(P)P)P(P(P)P)P(P)P. The highest BCUT2D eigenvalue weighted by molar-refractivity contribution is 9.30. The molecular weight excluding hydrogens is 700 g/mol. The minimum absolute atomic E-state index is 0.0635. The molecule has 1 rings (SSSR count). The zero-order valence-corrected chi connectivity index (χ0v) is 34.6. The number of carbonyl (C=O) groups is 2. The average molecular weight is 734 g/mol. The van der Waals surface area contributed by atoms with Gasteiger partial charge in [0.2, 0.25) is 0 Å². The largest absolute Gasteiger partial charge is 0.469 e. The van der Waals surface area contributed by atoms with Gasteiger partial charge in [-0.05, 0) is 66.5 Å². The molecule has 0 spiro atoms. The van der Waals surface area contributed by atoms with Crippen molar-refractivity contribution in [3.8, 4) is 0 Å². The lowest BCUT2D eigenvalue weighted by Crippen LogP contribution is -2.11. The maximum Gasteiger partial charge on any atom is 0.313 e. The molecule has 19 heteroatoms. The van der Waals surface area contributed by atoms with Crippen LogP contribution in [-0.4, -0.2) is 18.9 Å². The van der Waals surface area contributed by atoms with Crippen LogP contribution in [0.2, 0.25) is 0 Å². The normalized spacial score (nSPS) is 13.4. The van der Waals surface area contributed by atoms with Gasteiger partial charge in [-0.2, -0.15) is 0 Å². The Bertz CT molecular complexity index is 676. The van der Waals surface area contributed by atoms with Gasteiger partial charge in [-0.15, -0.1) is 80.4 Å². The van der Waals surface area contributed by atoms with Crippen LogP contribution < -0.4 is 0 Å². The summed E-state index contributed by atoms with van der Waals surface area (Å²) in [5, 5.41) is 0. The summed E-state index contributed by atoms with van der Waals surface area (Å²) in [5.74, 6) is -0.591. The molecule has 0 saturated heterocycles. The Kier molecular flexibility index (Phi) is 24.5. The summed E-state index contributed by atoms with van der Waals surface area (Å²) in [6.07, 6.45) is 1.13. The summed E-state index contributed by atoms with van der Waals surface area (Å²) in [4.78, 5) is 22.3. The molecule has 11 atom stereocenters. The molecule has 1 aromatic rings. The quantitative estimate of drug-likeness (QED) is 0.129. The van der Waals surface area contributed by atoms with Crippen LogP contribution in [0, 0.1) is 0 Å². The Morgan fingerprint density at radius 3 is 1.53 bits per heavy atom. The summed E-state index contributed by atoms with van der Waals surface area (Å²) >= 11 is 0. The van der Waals surface area contributed by atoms with E-state index in [-0.39, 0.29) is 61.1 Å². The minimum Gasteiger partial charge on any atom is -0.469 e. The van der Waals surface area contributed by atoms with E-state index in [1.165, 1.54) is 12.7 Å². The van der Waals surface area contributed by atoms with E-state index in [0.717, 1.165) is 12.0 Å². The second kappa shape index (κ2) is 21.0. The van der Waals surface area contributed by atoms with Crippen molar-refractivity contribution in [3.63, 3.8) is 0 Å². The molecule has 3 nitrogen and oxygen atoms in total. The topological polar surface area (TPSA) is 43.4 Å². The fraction of sp³-hybridized carbons (Fsp3) is 0.385. The first-order valence-corrected chi connectivity index (χ1v) is 37.0. The van der Waals surface area contributed by atoms with Crippen molar-refractivity contribution in [3.05, 3.63) is 35.4 Å². The fourth-order valence-electron chi connectivity index (χ4n) is 2.09. The predicted molar refractivity (Wildman–Crippen MR) is 197 cm³/mol. The molecule has 1 aromatic carbocycles. The van der Waals surface area contributed by atoms with E-state index in [1.54, 1.807) is 0 Å². The molecule has 0 fully saturated rings. The molecule has 184 valence electrons. The van der Waals surface area contributed by atoms with Crippen LogP contribution in [0.1, 0.15) is 24.5 Å². The van der Waals surface area contributed by atoms with Crippen LogP contribution in [0.4, 0.5) is 0 Å². The molecule has 11 unspecified atom stereocenters. The average Bonchev–Trinajstić information content (AvgIpc) is 2.71. The molecule has 0 aliphatic carbocycles. The zero-order valence-electron chi connectivity index (χ0n) is 18.0. The van der Waals surface area contributed by atoms with Crippen molar-refractivity contribution in [2.45, 2.75) is 26.2 Å². The van der Waals surface area contributed by atoms with E-state index in [0.29, 0.717) is 6.42 Å². The van der Waals surface area contributed by atoms with Crippen LogP contribution in [0.25, 0.3) is 0 Å².